The van der Waals surface area contributed by atoms with Gasteiger partial charge in [-0.1, -0.05) is 32.0 Å². The fraction of sp³-hybridized carbons (Fsp3) is 0.647. The smallest absolute Gasteiger partial charge is 0.405 e. The number of rotatable bonds is 6. The van der Waals surface area contributed by atoms with Crippen LogP contribution in [0, 0.1) is 5.92 Å². The Balaban J connectivity index is 0.00000288. The number of benzene rings is 1. The van der Waals surface area contributed by atoms with Crippen molar-refractivity contribution in [1.29, 1.82) is 0 Å². The van der Waals surface area contributed by atoms with Gasteiger partial charge in [0, 0.05) is 37.8 Å². The van der Waals surface area contributed by atoms with E-state index in [1.807, 2.05) is 0 Å². The summed E-state index contributed by atoms with van der Waals surface area (Å²) in [5.74, 6) is 0.434. The van der Waals surface area contributed by atoms with Gasteiger partial charge in [-0.2, -0.15) is 0 Å². The zero-order chi connectivity index (χ0) is 16.9. The van der Waals surface area contributed by atoms with Crippen LogP contribution in [0.2, 0.25) is 0 Å². The number of para-hydroxylation sites is 1. The van der Waals surface area contributed by atoms with Crippen LogP contribution in [-0.2, 0) is 0 Å². The highest BCUT2D eigenvalue weighted by Gasteiger charge is 2.34. The highest BCUT2D eigenvalue weighted by molar-refractivity contribution is 5.85. The van der Waals surface area contributed by atoms with Crippen molar-refractivity contribution in [2.75, 3.05) is 26.2 Å². The van der Waals surface area contributed by atoms with Gasteiger partial charge < -0.3 is 10.1 Å². The van der Waals surface area contributed by atoms with Gasteiger partial charge in [-0.15, -0.1) is 38.0 Å². The highest BCUT2D eigenvalue weighted by Crippen LogP contribution is 2.36. The Kier molecular flexibility index (Phi) is 10.8. The van der Waals surface area contributed by atoms with Gasteiger partial charge in [0.2, 0.25) is 0 Å². The first-order valence-electron chi connectivity index (χ1n) is 8.16. The van der Waals surface area contributed by atoms with Crippen LogP contribution in [0.15, 0.2) is 24.3 Å². The van der Waals surface area contributed by atoms with Gasteiger partial charge in [0.15, 0.2) is 0 Å². The lowest BCUT2D eigenvalue weighted by atomic mass is 9.95. The quantitative estimate of drug-likeness (QED) is 0.738. The van der Waals surface area contributed by atoms with E-state index >= 15 is 0 Å². The van der Waals surface area contributed by atoms with Gasteiger partial charge in [-0.25, -0.2) is 0 Å². The fourth-order valence-electron chi connectivity index (χ4n) is 2.99. The maximum absolute atomic E-state index is 12.7. The molecule has 1 atom stereocenters. The summed E-state index contributed by atoms with van der Waals surface area (Å²) in [5, 5.41) is 3.29. The summed E-state index contributed by atoms with van der Waals surface area (Å²) in [4.78, 5) is 2.26. The molecule has 146 valence electrons. The van der Waals surface area contributed by atoms with E-state index in [9.17, 15) is 13.2 Å². The number of hydrogen-bond donors (Lipinski definition) is 1. The third-order valence-electron chi connectivity index (χ3n) is 4.11. The van der Waals surface area contributed by atoms with Crippen LogP contribution < -0.4 is 10.1 Å². The Morgan fingerprint density at radius 2 is 1.68 bits per heavy atom. The van der Waals surface area contributed by atoms with Crippen molar-refractivity contribution in [3.05, 3.63) is 29.8 Å². The normalized spacial score (nSPS) is 16.7. The van der Waals surface area contributed by atoms with Gasteiger partial charge in [0.05, 0.1) is 0 Å². The molecule has 0 amide bonds. The summed E-state index contributed by atoms with van der Waals surface area (Å²) in [6.07, 6.45) is -2.87. The van der Waals surface area contributed by atoms with E-state index in [-0.39, 0.29) is 36.6 Å². The zero-order valence-corrected chi connectivity index (χ0v) is 16.1. The first kappa shape index (κ1) is 24.3. The summed E-state index contributed by atoms with van der Waals surface area (Å²) >= 11 is 0. The minimum atomic E-state index is -4.66. The average Bonchev–Trinajstić information content (AvgIpc) is 2.48. The molecule has 0 radical (unpaired) electrons. The number of halogens is 5. The predicted molar refractivity (Wildman–Crippen MR) is 98.9 cm³/mol. The number of piperazine rings is 1. The molecule has 0 saturated carbocycles. The molecular formula is C17H27Cl2F3N2O. The van der Waals surface area contributed by atoms with Crippen molar-refractivity contribution in [3.8, 4) is 5.75 Å². The van der Waals surface area contributed by atoms with Crippen LogP contribution in [-0.4, -0.2) is 37.4 Å². The molecule has 0 spiro atoms. The number of nitrogens with one attached hydrogen (secondary N) is 1. The number of nitrogens with zero attached hydrogens (tertiary/aromatic N) is 1. The average molecular weight is 403 g/mol. The van der Waals surface area contributed by atoms with Crippen LogP contribution in [0.5, 0.6) is 5.75 Å². The Bertz CT molecular complexity index is 495. The van der Waals surface area contributed by atoms with E-state index in [0.717, 1.165) is 39.0 Å². The Morgan fingerprint density at radius 1 is 1.08 bits per heavy atom. The maximum atomic E-state index is 12.7. The molecule has 0 unspecified atom stereocenters. The van der Waals surface area contributed by atoms with E-state index in [1.54, 1.807) is 18.2 Å². The summed E-state index contributed by atoms with van der Waals surface area (Å²) in [6, 6.07) is 6.49. The Morgan fingerprint density at radius 3 is 2.24 bits per heavy atom. The molecule has 1 heterocycles. The van der Waals surface area contributed by atoms with Crippen LogP contribution >= 0.6 is 24.8 Å². The molecule has 25 heavy (non-hydrogen) atoms. The number of hydrogen-bond acceptors (Lipinski definition) is 3. The van der Waals surface area contributed by atoms with Crippen LogP contribution in [0.1, 0.15) is 38.3 Å². The Labute approximate surface area is 160 Å². The standard InChI is InChI=1S/C17H25F3N2O.2ClH/c1-13(2)7-8-15(22-11-9-21-10-12-22)14-5-3-4-6-16(14)23-17(18,19)20;;/h3-6,13,15,21H,7-12H2,1-2H3;2*1H/t15-;;/m0../s1. The molecule has 1 saturated heterocycles. The van der Waals surface area contributed by atoms with Gasteiger partial charge in [-0.05, 0) is 24.8 Å². The first-order chi connectivity index (χ1) is 10.9. The summed E-state index contributed by atoms with van der Waals surface area (Å²) in [6.45, 7) is 7.66. The molecule has 0 aromatic heterocycles. The zero-order valence-electron chi connectivity index (χ0n) is 14.5. The van der Waals surface area contributed by atoms with Crippen molar-refractivity contribution in [2.45, 2.75) is 39.1 Å². The second kappa shape index (κ2) is 11.1. The molecule has 2 rings (SSSR count). The van der Waals surface area contributed by atoms with E-state index in [0.29, 0.717) is 11.5 Å². The highest BCUT2D eigenvalue weighted by atomic mass is 35.5. The summed E-state index contributed by atoms with van der Waals surface area (Å²) < 4.78 is 42.4. The molecule has 3 nitrogen and oxygen atoms in total. The minimum Gasteiger partial charge on any atom is -0.405 e. The lowest BCUT2D eigenvalue weighted by molar-refractivity contribution is -0.275. The molecule has 1 N–H and O–H groups in total. The van der Waals surface area contributed by atoms with Crippen molar-refractivity contribution in [1.82, 2.24) is 10.2 Å². The van der Waals surface area contributed by atoms with Gasteiger partial charge in [-0.3, -0.25) is 4.90 Å². The van der Waals surface area contributed by atoms with Gasteiger partial charge in [0.1, 0.15) is 5.75 Å². The topological polar surface area (TPSA) is 24.5 Å². The van der Waals surface area contributed by atoms with Crippen LogP contribution in [0.4, 0.5) is 13.2 Å². The lowest BCUT2D eigenvalue weighted by Crippen LogP contribution is -2.45. The Hall–Kier alpha value is -0.690. The number of alkyl halides is 3. The van der Waals surface area contributed by atoms with E-state index in [2.05, 4.69) is 28.8 Å². The molecule has 1 aromatic carbocycles. The third kappa shape index (κ3) is 8.03. The lowest BCUT2D eigenvalue weighted by Gasteiger charge is -2.36. The second-order valence-electron chi connectivity index (χ2n) is 6.36. The van der Waals surface area contributed by atoms with Crippen molar-refractivity contribution in [3.63, 3.8) is 0 Å². The SMILES string of the molecule is CC(C)CC[C@@H](c1ccccc1OC(F)(F)F)N1CCNCC1.Cl.Cl. The fourth-order valence-corrected chi connectivity index (χ4v) is 2.99. The molecule has 0 bridgehead atoms. The summed E-state index contributed by atoms with van der Waals surface area (Å²) in [5.41, 5.74) is 0.632. The molecular weight excluding hydrogens is 376 g/mol. The van der Waals surface area contributed by atoms with Crippen molar-refractivity contribution in [2.24, 2.45) is 5.92 Å². The van der Waals surface area contributed by atoms with Crippen molar-refractivity contribution < 1.29 is 17.9 Å². The van der Waals surface area contributed by atoms with E-state index < -0.39 is 6.36 Å². The second-order valence-corrected chi connectivity index (χ2v) is 6.36. The molecule has 1 aliphatic heterocycles. The monoisotopic (exact) mass is 402 g/mol. The van der Waals surface area contributed by atoms with Gasteiger partial charge >= 0.3 is 6.36 Å². The third-order valence-corrected chi connectivity index (χ3v) is 4.11. The maximum Gasteiger partial charge on any atom is 0.573 e. The molecule has 8 heteroatoms. The van der Waals surface area contributed by atoms with Gasteiger partial charge in [0.25, 0.3) is 0 Å². The predicted octanol–water partition coefficient (Wildman–Crippen LogP) is 4.81. The number of ether oxygens (including phenoxy) is 1. The minimum absolute atomic E-state index is 0. The molecule has 1 aliphatic rings. The van der Waals surface area contributed by atoms with Crippen molar-refractivity contribution >= 4 is 24.8 Å². The first-order valence-corrected chi connectivity index (χ1v) is 8.16. The molecule has 0 aliphatic carbocycles. The van der Waals surface area contributed by atoms with E-state index in [1.165, 1.54) is 6.07 Å². The molecule has 1 aromatic rings. The summed E-state index contributed by atoms with van der Waals surface area (Å²) in [7, 11) is 0. The largest absolute Gasteiger partial charge is 0.573 e. The van der Waals surface area contributed by atoms with Crippen LogP contribution in [0.25, 0.3) is 0 Å². The van der Waals surface area contributed by atoms with E-state index in [4.69, 9.17) is 0 Å². The van der Waals surface area contributed by atoms with Crippen LogP contribution in [0.3, 0.4) is 0 Å². The molecule has 1 fully saturated rings.